The number of halogens is 1. The van der Waals surface area contributed by atoms with E-state index in [1.54, 1.807) is 7.11 Å². The minimum atomic E-state index is 0.413. The molecule has 0 aliphatic carbocycles. The Morgan fingerprint density at radius 2 is 2.23 bits per heavy atom. The van der Waals surface area contributed by atoms with E-state index in [-0.39, 0.29) is 0 Å². The van der Waals surface area contributed by atoms with Gasteiger partial charge in [-0.3, -0.25) is 4.68 Å². The Labute approximate surface area is 135 Å². The maximum atomic E-state index is 6.31. The first kappa shape index (κ1) is 14.1. The Kier molecular flexibility index (Phi) is 3.39. The van der Waals surface area contributed by atoms with E-state index in [0.717, 1.165) is 12.0 Å². The third-order valence-electron chi connectivity index (χ3n) is 4.86. The molecule has 0 unspecified atom stereocenters. The maximum absolute atomic E-state index is 6.31. The topological polar surface area (TPSA) is 39.1 Å². The zero-order valence-corrected chi connectivity index (χ0v) is 13.7. The van der Waals surface area contributed by atoms with Crippen molar-refractivity contribution in [3.8, 4) is 17.0 Å². The summed E-state index contributed by atoms with van der Waals surface area (Å²) in [4.78, 5) is 0. The number of aryl methyl sites for hydroxylation is 1. The summed E-state index contributed by atoms with van der Waals surface area (Å²) >= 11 is 6.31. The molecule has 1 fully saturated rings. The van der Waals surface area contributed by atoms with Crippen molar-refractivity contribution in [2.24, 2.45) is 7.05 Å². The molecule has 1 aromatic carbocycles. The van der Waals surface area contributed by atoms with Crippen LogP contribution in [0.1, 0.15) is 36.6 Å². The first-order chi connectivity index (χ1) is 10.7. The Morgan fingerprint density at radius 3 is 3.00 bits per heavy atom. The van der Waals surface area contributed by atoms with Gasteiger partial charge in [0.25, 0.3) is 0 Å². The van der Waals surface area contributed by atoms with Crippen molar-refractivity contribution >= 4 is 11.6 Å². The van der Waals surface area contributed by atoms with Gasteiger partial charge in [-0.1, -0.05) is 11.6 Å². The highest BCUT2D eigenvalue weighted by atomic mass is 35.5. The Hall–Kier alpha value is -1.52. The van der Waals surface area contributed by atoms with E-state index in [2.05, 4.69) is 11.4 Å². The number of fused-ring (bicyclic) bond motifs is 4. The van der Waals surface area contributed by atoms with Gasteiger partial charge in [0.15, 0.2) is 0 Å². The second-order valence-corrected chi connectivity index (χ2v) is 6.64. The maximum Gasteiger partial charge on any atom is 0.137 e. The van der Waals surface area contributed by atoms with Crippen molar-refractivity contribution < 1.29 is 4.74 Å². The van der Waals surface area contributed by atoms with Crippen LogP contribution >= 0.6 is 11.6 Å². The number of rotatable bonds is 2. The molecular weight excluding hydrogens is 298 g/mol. The molecule has 2 aromatic rings. The van der Waals surface area contributed by atoms with E-state index in [1.165, 1.54) is 36.2 Å². The van der Waals surface area contributed by atoms with E-state index in [1.807, 2.05) is 23.9 Å². The van der Waals surface area contributed by atoms with Crippen LogP contribution in [0.3, 0.4) is 0 Å². The van der Waals surface area contributed by atoms with Crippen LogP contribution in [0.25, 0.3) is 11.3 Å². The van der Waals surface area contributed by atoms with Crippen molar-refractivity contribution in [2.45, 2.75) is 37.8 Å². The number of nitrogens with one attached hydrogen (secondary N) is 1. The number of benzene rings is 1. The van der Waals surface area contributed by atoms with Crippen LogP contribution in [0, 0.1) is 0 Å². The number of nitrogens with zero attached hydrogens (tertiary/aromatic N) is 2. The van der Waals surface area contributed by atoms with Crippen LogP contribution in [-0.2, 0) is 13.5 Å². The predicted octanol–water partition coefficient (Wildman–Crippen LogP) is 3.49. The van der Waals surface area contributed by atoms with Gasteiger partial charge in [-0.05, 0) is 43.9 Å². The molecule has 2 aliphatic heterocycles. The number of ether oxygens (including phenoxy) is 1. The number of hydrogen-bond donors (Lipinski definition) is 1. The highest BCUT2D eigenvalue weighted by Gasteiger charge is 2.34. The summed E-state index contributed by atoms with van der Waals surface area (Å²) in [5.74, 6) is 0.708. The highest BCUT2D eigenvalue weighted by molar-refractivity contribution is 6.32. The lowest BCUT2D eigenvalue weighted by Gasteiger charge is -2.35. The minimum Gasteiger partial charge on any atom is -0.495 e. The summed E-state index contributed by atoms with van der Waals surface area (Å²) < 4.78 is 7.26. The van der Waals surface area contributed by atoms with Gasteiger partial charge in [-0.15, -0.1) is 0 Å². The van der Waals surface area contributed by atoms with Crippen molar-refractivity contribution in [1.29, 1.82) is 0 Å². The molecule has 3 heterocycles. The van der Waals surface area contributed by atoms with Gasteiger partial charge in [0.2, 0.25) is 0 Å². The average molecular weight is 318 g/mol. The summed E-state index contributed by atoms with van der Waals surface area (Å²) in [6, 6.07) is 6.98. The molecule has 22 heavy (non-hydrogen) atoms. The van der Waals surface area contributed by atoms with Gasteiger partial charge in [0, 0.05) is 24.2 Å². The number of hydrogen-bond acceptors (Lipinski definition) is 3. The van der Waals surface area contributed by atoms with E-state index in [9.17, 15) is 0 Å². The molecule has 1 aromatic heterocycles. The summed E-state index contributed by atoms with van der Waals surface area (Å²) in [6.45, 7) is 0. The molecule has 2 aliphatic rings. The fraction of sp³-hybridized carbons (Fsp3) is 0.471. The van der Waals surface area contributed by atoms with Crippen molar-refractivity contribution in [3.05, 3.63) is 34.5 Å². The average Bonchev–Trinajstić information content (AvgIpc) is 2.84. The smallest absolute Gasteiger partial charge is 0.137 e. The van der Waals surface area contributed by atoms with Crippen molar-refractivity contribution in [2.75, 3.05) is 7.11 Å². The summed E-state index contributed by atoms with van der Waals surface area (Å²) in [6.07, 6.45) is 4.79. The third kappa shape index (κ3) is 2.13. The van der Waals surface area contributed by atoms with Gasteiger partial charge >= 0.3 is 0 Å². The molecular formula is C17H20ClN3O. The summed E-state index contributed by atoms with van der Waals surface area (Å²) in [5, 5.41) is 9.15. The van der Waals surface area contributed by atoms with E-state index < -0.39 is 0 Å². The monoisotopic (exact) mass is 317 g/mol. The summed E-state index contributed by atoms with van der Waals surface area (Å²) in [5.41, 5.74) is 4.91. The third-order valence-corrected chi connectivity index (χ3v) is 5.16. The number of aromatic nitrogens is 2. The van der Waals surface area contributed by atoms with E-state index >= 15 is 0 Å². The van der Waals surface area contributed by atoms with E-state index in [0.29, 0.717) is 22.9 Å². The molecule has 116 valence electrons. The molecule has 1 saturated heterocycles. The predicted molar refractivity (Wildman–Crippen MR) is 87.4 cm³/mol. The molecule has 4 rings (SSSR count). The van der Waals surface area contributed by atoms with Gasteiger partial charge in [-0.25, -0.2) is 0 Å². The lowest BCUT2D eigenvalue weighted by atomic mass is 9.84. The SMILES string of the molecule is COc1ccc(-c2c3c(nn2C)[C@H]2CCC[C@@H](C3)N2)cc1Cl. The quantitative estimate of drug-likeness (QED) is 0.921. The fourth-order valence-corrected chi connectivity index (χ4v) is 4.14. The first-order valence-electron chi connectivity index (χ1n) is 7.83. The van der Waals surface area contributed by atoms with Gasteiger partial charge in [0.05, 0.1) is 29.6 Å². The van der Waals surface area contributed by atoms with Crippen LogP contribution in [0.5, 0.6) is 5.75 Å². The lowest BCUT2D eigenvalue weighted by molar-refractivity contribution is 0.297. The fourth-order valence-electron chi connectivity index (χ4n) is 3.89. The molecule has 0 amide bonds. The molecule has 4 nitrogen and oxygen atoms in total. The Bertz CT molecular complexity index is 725. The number of piperidine rings is 1. The molecule has 5 heteroatoms. The van der Waals surface area contributed by atoms with Crippen LogP contribution in [-0.4, -0.2) is 22.9 Å². The van der Waals surface area contributed by atoms with Gasteiger partial charge in [0.1, 0.15) is 5.75 Å². The second kappa shape index (κ2) is 5.28. The van der Waals surface area contributed by atoms with Crippen LogP contribution in [0.4, 0.5) is 0 Å². The zero-order valence-electron chi connectivity index (χ0n) is 12.9. The van der Waals surface area contributed by atoms with Crippen molar-refractivity contribution in [1.82, 2.24) is 15.1 Å². The second-order valence-electron chi connectivity index (χ2n) is 6.24. The van der Waals surface area contributed by atoms with Crippen LogP contribution < -0.4 is 10.1 Å². The molecule has 0 radical (unpaired) electrons. The normalized spacial score (nSPS) is 23.2. The van der Waals surface area contributed by atoms with Gasteiger partial charge in [-0.2, -0.15) is 5.10 Å². The minimum absolute atomic E-state index is 0.413. The largest absolute Gasteiger partial charge is 0.495 e. The van der Waals surface area contributed by atoms with E-state index in [4.69, 9.17) is 21.4 Å². The van der Waals surface area contributed by atoms with Crippen LogP contribution in [0.15, 0.2) is 18.2 Å². The zero-order chi connectivity index (χ0) is 15.3. The molecule has 0 spiro atoms. The molecule has 2 atom stereocenters. The number of methoxy groups -OCH3 is 1. The standard InChI is InChI=1S/C17H20ClN3O/c1-21-17(10-6-7-15(22-2)13(18)8-10)12-9-11-4-3-5-14(19-11)16(12)20-21/h6-8,11,14,19H,3-5,9H2,1-2H3/t11-,14+/m0/s1. The molecule has 0 saturated carbocycles. The van der Waals surface area contributed by atoms with Crippen LogP contribution in [0.2, 0.25) is 5.02 Å². The molecule has 2 bridgehead atoms. The first-order valence-corrected chi connectivity index (χ1v) is 8.21. The highest BCUT2D eigenvalue weighted by Crippen LogP contribution is 2.39. The van der Waals surface area contributed by atoms with Gasteiger partial charge < -0.3 is 10.1 Å². The lowest BCUT2D eigenvalue weighted by Crippen LogP contribution is -2.42. The summed E-state index contributed by atoms with van der Waals surface area (Å²) in [7, 11) is 3.66. The Morgan fingerprint density at radius 1 is 1.36 bits per heavy atom. The molecule has 1 N–H and O–H groups in total. The Balaban J connectivity index is 1.83. The van der Waals surface area contributed by atoms with Crippen molar-refractivity contribution in [3.63, 3.8) is 0 Å².